The zero-order valence-corrected chi connectivity index (χ0v) is 20.3. The Hall–Kier alpha value is -5.24. The fourth-order valence-electron chi connectivity index (χ4n) is 3.82. The van der Waals surface area contributed by atoms with E-state index in [9.17, 15) is 28.4 Å². The van der Waals surface area contributed by atoms with E-state index in [4.69, 9.17) is 0 Å². The number of nitrogens with one attached hydrogen (secondary N) is 2. The number of phenols is 1. The Bertz CT molecular complexity index is 1900. The fraction of sp³-hybridized carbons (Fsp3) is 0.0417. The lowest BCUT2D eigenvalue weighted by atomic mass is 10.0. The molecule has 0 aliphatic carbocycles. The molecule has 0 aliphatic rings. The molecule has 0 spiro atoms. The summed E-state index contributed by atoms with van der Waals surface area (Å²) in [5, 5.41) is 44.1. The second kappa shape index (κ2) is 9.33. The third kappa shape index (κ3) is 4.62. The van der Waals surface area contributed by atoms with Crippen molar-refractivity contribution >= 4 is 60.3 Å². The normalized spacial score (nSPS) is 11.8. The Morgan fingerprint density at radius 3 is 2.42 bits per heavy atom. The van der Waals surface area contributed by atoms with Gasteiger partial charge in [-0.3, -0.25) is 14.9 Å². The van der Waals surface area contributed by atoms with Gasteiger partial charge >= 0.3 is 0 Å². The van der Waals surface area contributed by atoms with Crippen molar-refractivity contribution < 1.29 is 23.2 Å². The van der Waals surface area contributed by atoms with E-state index in [1.165, 1.54) is 12.1 Å². The first kappa shape index (κ1) is 24.5. The molecule has 5 rings (SSSR count). The molecule has 1 amide bonds. The van der Waals surface area contributed by atoms with Crippen molar-refractivity contribution in [1.29, 1.82) is 0 Å². The van der Waals surface area contributed by atoms with Crippen LogP contribution in [0, 0.1) is 10.1 Å². The highest BCUT2D eigenvalue weighted by atomic mass is 32.2. The minimum Gasteiger partial charge on any atom is -0.506 e. The fourth-order valence-corrected chi connectivity index (χ4v) is 4.64. The summed E-state index contributed by atoms with van der Waals surface area (Å²) in [5.74, 6) is -0.925. The number of hydrogen-bond donors (Lipinski definition) is 3. The highest BCUT2D eigenvalue weighted by molar-refractivity contribution is 7.90. The van der Waals surface area contributed by atoms with E-state index in [1.807, 2.05) is 0 Å². The lowest BCUT2D eigenvalue weighted by molar-refractivity contribution is -0.385. The molecule has 4 aromatic carbocycles. The quantitative estimate of drug-likeness (QED) is 0.158. The maximum absolute atomic E-state index is 13.1. The highest BCUT2D eigenvalue weighted by Gasteiger charge is 2.20. The van der Waals surface area contributed by atoms with E-state index in [2.05, 4.69) is 31.0 Å². The van der Waals surface area contributed by atoms with Gasteiger partial charge in [0.05, 0.1) is 16.2 Å². The molecule has 0 fully saturated rings. The summed E-state index contributed by atoms with van der Waals surface area (Å²) in [5.41, 5.74) is 1.07. The first-order chi connectivity index (χ1) is 18.1. The topological polar surface area (TPSA) is 193 Å². The Kier molecular flexibility index (Phi) is 6.00. The number of rotatable bonds is 6. The summed E-state index contributed by atoms with van der Waals surface area (Å²) >= 11 is 0. The molecule has 0 radical (unpaired) electrons. The van der Waals surface area contributed by atoms with Crippen LogP contribution in [-0.4, -0.2) is 46.0 Å². The Labute approximate surface area is 213 Å². The number of aromatic hydroxyl groups is 1. The minimum atomic E-state index is -3.88. The number of fused-ring (bicyclic) bond motifs is 2. The van der Waals surface area contributed by atoms with Crippen LogP contribution in [0.25, 0.3) is 21.8 Å². The van der Waals surface area contributed by atoms with Crippen molar-refractivity contribution in [2.24, 2.45) is 10.2 Å². The van der Waals surface area contributed by atoms with E-state index in [0.717, 1.165) is 18.4 Å². The summed E-state index contributed by atoms with van der Waals surface area (Å²) in [4.78, 5) is 23.2. The molecule has 13 nitrogen and oxygen atoms in total. The van der Waals surface area contributed by atoms with Gasteiger partial charge < -0.3 is 10.4 Å². The zero-order valence-electron chi connectivity index (χ0n) is 19.5. The van der Waals surface area contributed by atoms with Crippen molar-refractivity contribution in [3.8, 4) is 5.75 Å². The number of sulfone groups is 1. The van der Waals surface area contributed by atoms with Gasteiger partial charge in [0.25, 0.3) is 11.6 Å². The molecule has 0 unspecified atom stereocenters. The van der Waals surface area contributed by atoms with Crippen molar-refractivity contribution in [3.63, 3.8) is 0 Å². The Morgan fingerprint density at radius 2 is 1.68 bits per heavy atom. The van der Waals surface area contributed by atoms with Crippen LogP contribution in [0.4, 0.5) is 22.7 Å². The van der Waals surface area contributed by atoms with Crippen LogP contribution < -0.4 is 5.32 Å². The molecule has 0 bridgehead atoms. The molecule has 0 aliphatic heterocycles. The Morgan fingerprint density at radius 1 is 0.974 bits per heavy atom. The van der Waals surface area contributed by atoms with Gasteiger partial charge in [-0.05, 0) is 30.3 Å². The average Bonchev–Trinajstić information content (AvgIpc) is 3.35. The molecule has 14 heteroatoms. The second-order valence-electron chi connectivity index (χ2n) is 8.20. The predicted octanol–water partition coefficient (Wildman–Crippen LogP) is 4.80. The number of aromatic nitrogens is 3. The van der Waals surface area contributed by atoms with Gasteiger partial charge in [-0.15, -0.1) is 10.2 Å². The molecule has 1 heterocycles. The molecular weight excluding hydrogens is 514 g/mol. The molecule has 0 saturated carbocycles. The third-order valence-corrected chi connectivity index (χ3v) is 6.76. The minimum absolute atomic E-state index is 0.107. The summed E-state index contributed by atoms with van der Waals surface area (Å²) in [6.07, 6.45) is 0.903. The van der Waals surface area contributed by atoms with Crippen molar-refractivity contribution in [1.82, 2.24) is 15.4 Å². The molecule has 0 saturated heterocycles. The first-order valence-corrected chi connectivity index (χ1v) is 12.8. The molecule has 38 heavy (non-hydrogen) atoms. The summed E-state index contributed by atoms with van der Waals surface area (Å²) in [7, 11) is -3.88. The summed E-state index contributed by atoms with van der Waals surface area (Å²) < 4.78 is 24.5. The van der Waals surface area contributed by atoms with Crippen molar-refractivity contribution in [3.05, 3.63) is 82.4 Å². The molecule has 0 atom stereocenters. The zero-order chi connectivity index (χ0) is 27.0. The standard InChI is InChI=1S/C24H17N7O6S/c1-38(36,37)22-11-14(31(34)35)7-9-19(22)26-27-20-12-17(23(32)16-5-3-2-4-15(16)20)24(33)25-13-6-8-18-21(10-13)29-30-28-18/h2-12,32H,1H3,(H,25,33)(H,28,29,30). The number of hydrogen-bond acceptors (Lipinski definition) is 10. The van der Waals surface area contributed by atoms with Crippen molar-refractivity contribution in [2.75, 3.05) is 11.6 Å². The monoisotopic (exact) mass is 531 g/mol. The lowest BCUT2D eigenvalue weighted by Crippen LogP contribution is -2.12. The molecule has 3 N–H and O–H groups in total. The number of benzene rings is 4. The Balaban J connectivity index is 1.58. The number of non-ortho nitro benzene ring substituents is 1. The van der Waals surface area contributed by atoms with E-state index < -0.39 is 26.4 Å². The van der Waals surface area contributed by atoms with Crippen LogP contribution in [0.15, 0.2) is 81.9 Å². The number of azo groups is 1. The molecule has 1 aromatic heterocycles. The maximum Gasteiger partial charge on any atom is 0.270 e. The van der Waals surface area contributed by atoms with Crippen molar-refractivity contribution in [2.45, 2.75) is 4.90 Å². The number of H-pyrrole nitrogens is 1. The second-order valence-corrected chi connectivity index (χ2v) is 10.2. The van der Waals surface area contributed by atoms with E-state index in [1.54, 1.807) is 42.5 Å². The number of nitrogens with zero attached hydrogens (tertiary/aromatic N) is 5. The number of carbonyl (C=O) groups excluding carboxylic acids is 1. The number of nitro groups is 1. The predicted molar refractivity (Wildman–Crippen MR) is 138 cm³/mol. The van der Waals surface area contributed by atoms with Crippen LogP contribution in [0.2, 0.25) is 0 Å². The highest BCUT2D eigenvalue weighted by Crippen LogP contribution is 2.38. The van der Waals surface area contributed by atoms with Crippen LogP contribution in [-0.2, 0) is 9.84 Å². The van der Waals surface area contributed by atoms with E-state index in [0.29, 0.717) is 27.5 Å². The van der Waals surface area contributed by atoms with E-state index in [-0.39, 0.29) is 27.6 Å². The average molecular weight is 532 g/mol. The largest absolute Gasteiger partial charge is 0.506 e. The van der Waals surface area contributed by atoms with E-state index >= 15 is 0 Å². The number of amides is 1. The third-order valence-electron chi connectivity index (χ3n) is 5.63. The molecular formula is C24H17N7O6S. The number of aromatic amines is 1. The number of nitro benzene ring substituents is 1. The number of anilines is 1. The number of carbonyl (C=O) groups is 1. The van der Waals surface area contributed by atoms with Gasteiger partial charge in [0, 0.05) is 34.8 Å². The van der Waals surface area contributed by atoms with Crippen LogP contribution in [0.5, 0.6) is 5.75 Å². The SMILES string of the molecule is CS(=O)(=O)c1cc([N+](=O)[O-])ccc1N=Nc1cc(C(=O)Nc2ccc3n[nH]nc3c2)c(O)c2ccccc12. The van der Waals surface area contributed by atoms with Crippen LogP contribution in [0.1, 0.15) is 10.4 Å². The summed E-state index contributed by atoms with van der Waals surface area (Å²) in [6, 6.07) is 16.0. The maximum atomic E-state index is 13.1. The van der Waals surface area contributed by atoms with Gasteiger partial charge in [0.15, 0.2) is 9.84 Å². The van der Waals surface area contributed by atoms with Gasteiger partial charge in [-0.25, -0.2) is 8.42 Å². The van der Waals surface area contributed by atoms with Gasteiger partial charge in [-0.1, -0.05) is 24.3 Å². The first-order valence-electron chi connectivity index (χ1n) is 10.9. The lowest BCUT2D eigenvalue weighted by Gasteiger charge is -2.11. The van der Waals surface area contributed by atoms with Gasteiger partial charge in [0.2, 0.25) is 0 Å². The van der Waals surface area contributed by atoms with Crippen LogP contribution >= 0.6 is 0 Å². The van der Waals surface area contributed by atoms with Gasteiger partial charge in [0.1, 0.15) is 27.4 Å². The van der Waals surface area contributed by atoms with Gasteiger partial charge in [-0.2, -0.15) is 15.4 Å². The van der Waals surface area contributed by atoms with Crippen LogP contribution in [0.3, 0.4) is 0 Å². The molecule has 190 valence electrons. The number of phenolic OH excluding ortho intramolecular Hbond substituents is 1. The summed E-state index contributed by atoms with van der Waals surface area (Å²) in [6.45, 7) is 0. The molecule has 5 aromatic rings. The smallest absolute Gasteiger partial charge is 0.270 e.